The van der Waals surface area contributed by atoms with Crippen molar-refractivity contribution < 1.29 is 0 Å². The first kappa shape index (κ1) is 17.0. The van der Waals surface area contributed by atoms with Gasteiger partial charge >= 0.3 is 0 Å². The molecule has 0 aromatic heterocycles. The van der Waals surface area contributed by atoms with Gasteiger partial charge in [-0.15, -0.1) is 0 Å². The highest BCUT2D eigenvalue weighted by atomic mass is 15.2. The molecule has 0 saturated carbocycles. The fourth-order valence-electron chi connectivity index (χ4n) is 3.60. The van der Waals surface area contributed by atoms with Crippen molar-refractivity contribution in [1.82, 2.24) is 0 Å². The lowest BCUT2D eigenvalue weighted by Crippen LogP contribution is -2.46. The molecular weight excluding hydrogens is 292 g/mol. The van der Waals surface area contributed by atoms with Crippen molar-refractivity contribution in [1.29, 1.82) is 0 Å². The van der Waals surface area contributed by atoms with Crippen molar-refractivity contribution in [3.05, 3.63) is 65.2 Å². The highest BCUT2D eigenvalue weighted by Gasteiger charge is 2.26. The van der Waals surface area contributed by atoms with Crippen LogP contribution >= 0.6 is 0 Å². The van der Waals surface area contributed by atoms with Crippen LogP contribution in [-0.2, 0) is 5.41 Å². The lowest BCUT2D eigenvalue weighted by molar-refractivity contribution is 0.453. The number of piperidine rings is 1. The summed E-state index contributed by atoms with van der Waals surface area (Å²) < 4.78 is 0. The van der Waals surface area contributed by atoms with Crippen molar-refractivity contribution >= 4 is 5.69 Å². The Bertz CT molecular complexity index is 665. The fraction of sp³-hybridized carbons (Fsp3) is 0.455. The monoisotopic (exact) mass is 322 g/mol. The summed E-state index contributed by atoms with van der Waals surface area (Å²) in [4.78, 5) is 2.44. The summed E-state index contributed by atoms with van der Waals surface area (Å²) in [5, 5.41) is 0. The molecule has 1 saturated heterocycles. The van der Waals surface area contributed by atoms with Crippen LogP contribution in [0, 0.1) is 6.92 Å². The summed E-state index contributed by atoms with van der Waals surface area (Å²) in [5.74, 6) is 0.504. The van der Waals surface area contributed by atoms with E-state index in [-0.39, 0.29) is 11.5 Å². The van der Waals surface area contributed by atoms with E-state index in [4.69, 9.17) is 5.73 Å². The van der Waals surface area contributed by atoms with Gasteiger partial charge in [-0.3, -0.25) is 0 Å². The molecule has 2 atom stereocenters. The van der Waals surface area contributed by atoms with Crippen LogP contribution < -0.4 is 10.6 Å². The Morgan fingerprint density at radius 3 is 2.12 bits per heavy atom. The maximum atomic E-state index is 6.38. The molecule has 1 heterocycles. The molecule has 0 spiro atoms. The normalized spacial score (nSPS) is 21.8. The molecule has 1 fully saturated rings. The van der Waals surface area contributed by atoms with Gasteiger partial charge in [-0.05, 0) is 42.0 Å². The Kier molecular flexibility index (Phi) is 4.69. The summed E-state index contributed by atoms with van der Waals surface area (Å²) >= 11 is 0. The second-order valence-electron chi connectivity index (χ2n) is 8.31. The molecular formula is C22H30N2. The first-order chi connectivity index (χ1) is 11.3. The molecule has 1 aliphatic rings. The summed E-state index contributed by atoms with van der Waals surface area (Å²) in [6.07, 6.45) is 1.07. The number of benzene rings is 2. The molecule has 2 unspecified atom stereocenters. The summed E-state index contributed by atoms with van der Waals surface area (Å²) in [5.41, 5.74) is 12.0. The zero-order valence-electron chi connectivity index (χ0n) is 15.4. The van der Waals surface area contributed by atoms with Crippen LogP contribution in [0.4, 0.5) is 5.69 Å². The molecule has 0 radical (unpaired) electrons. The highest BCUT2D eigenvalue weighted by molar-refractivity contribution is 5.49. The molecule has 2 nitrogen and oxygen atoms in total. The summed E-state index contributed by atoms with van der Waals surface area (Å²) in [6, 6.07) is 18.2. The van der Waals surface area contributed by atoms with Crippen LogP contribution in [0.3, 0.4) is 0 Å². The molecule has 24 heavy (non-hydrogen) atoms. The number of rotatable bonds is 2. The maximum absolute atomic E-state index is 6.38. The van der Waals surface area contributed by atoms with Gasteiger partial charge in [-0.25, -0.2) is 0 Å². The molecule has 128 valence electrons. The van der Waals surface area contributed by atoms with Gasteiger partial charge in [0.15, 0.2) is 0 Å². The number of nitrogens with two attached hydrogens (primary N) is 1. The van der Waals surface area contributed by atoms with E-state index in [1.807, 2.05) is 0 Å². The van der Waals surface area contributed by atoms with Gasteiger partial charge in [0, 0.05) is 30.7 Å². The topological polar surface area (TPSA) is 29.3 Å². The van der Waals surface area contributed by atoms with E-state index in [2.05, 4.69) is 81.1 Å². The lowest BCUT2D eigenvalue weighted by atomic mass is 9.83. The van der Waals surface area contributed by atoms with Crippen molar-refractivity contribution in [3.63, 3.8) is 0 Å². The van der Waals surface area contributed by atoms with Gasteiger partial charge in [0.1, 0.15) is 0 Å². The number of hydrogen-bond acceptors (Lipinski definition) is 2. The smallest absolute Gasteiger partial charge is 0.0367 e. The summed E-state index contributed by atoms with van der Waals surface area (Å²) in [6.45, 7) is 10.9. The molecule has 2 heteroatoms. The zero-order chi connectivity index (χ0) is 17.3. The quantitative estimate of drug-likeness (QED) is 0.874. The maximum Gasteiger partial charge on any atom is 0.0367 e. The van der Waals surface area contributed by atoms with E-state index in [1.54, 1.807) is 0 Å². The Labute approximate surface area is 146 Å². The SMILES string of the molecule is Cc1ccc(N2CC(N)CC(c3ccc(C(C)(C)C)cc3)C2)cc1. The minimum absolute atomic E-state index is 0.204. The van der Waals surface area contributed by atoms with Crippen molar-refractivity contribution in [2.45, 2.75) is 51.5 Å². The minimum Gasteiger partial charge on any atom is -0.369 e. The van der Waals surface area contributed by atoms with E-state index in [0.29, 0.717) is 5.92 Å². The van der Waals surface area contributed by atoms with Crippen molar-refractivity contribution in [2.24, 2.45) is 5.73 Å². The van der Waals surface area contributed by atoms with Gasteiger partial charge in [-0.1, -0.05) is 62.7 Å². The largest absolute Gasteiger partial charge is 0.369 e. The van der Waals surface area contributed by atoms with Crippen LogP contribution in [0.15, 0.2) is 48.5 Å². The first-order valence-corrected chi connectivity index (χ1v) is 9.00. The van der Waals surface area contributed by atoms with Crippen LogP contribution in [0.5, 0.6) is 0 Å². The molecule has 3 rings (SSSR count). The van der Waals surface area contributed by atoms with E-state index < -0.39 is 0 Å². The summed E-state index contributed by atoms with van der Waals surface area (Å²) in [7, 11) is 0. The average Bonchev–Trinajstić information content (AvgIpc) is 2.54. The standard InChI is InChI=1S/C22H30N2/c1-16-5-11-21(12-6-16)24-14-18(13-20(23)15-24)17-7-9-19(10-8-17)22(2,3)4/h5-12,18,20H,13-15,23H2,1-4H3. The minimum atomic E-state index is 0.204. The highest BCUT2D eigenvalue weighted by Crippen LogP contribution is 2.31. The van der Waals surface area contributed by atoms with E-state index >= 15 is 0 Å². The van der Waals surface area contributed by atoms with Crippen LogP contribution in [0.25, 0.3) is 0 Å². The average molecular weight is 322 g/mol. The van der Waals surface area contributed by atoms with E-state index in [1.165, 1.54) is 22.4 Å². The second-order valence-corrected chi connectivity index (χ2v) is 8.31. The van der Waals surface area contributed by atoms with Gasteiger partial charge in [0.25, 0.3) is 0 Å². The predicted molar refractivity (Wildman–Crippen MR) is 104 cm³/mol. The number of aryl methyl sites for hydroxylation is 1. The molecule has 2 N–H and O–H groups in total. The third kappa shape index (κ3) is 3.81. The molecule has 0 aliphatic carbocycles. The lowest BCUT2D eigenvalue weighted by Gasteiger charge is -2.38. The fourth-order valence-corrected chi connectivity index (χ4v) is 3.60. The first-order valence-electron chi connectivity index (χ1n) is 9.00. The van der Waals surface area contributed by atoms with Gasteiger partial charge in [0.05, 0.1) is 0 Å². The Morgan fingerprint density at radius 1 is 0.917 bits per heavy atom. The van der Waals surface area contributed by atoms with Gasteiger partial charge in [0.2, 0.25) is 0 Å². The number of nitrogens with zero attached hydrogens (tertiary/aromatic N) is 1. The van der Waals surface area contributed by atoms with Gasteiger partial charge < -0.3 is 10.6 Å². The van der Waals surface area contributed by atoms with Crippen molar-refractivity contribution in [3.8, 4) is 0 Å². The zero-order valence-corrected chi connectivity index (χ0v) is 15.4. The van der Waals surface area contributed by atoms with Crippen LogP contribution in [0.2, 0.25) is 0 Å². The van der Waals surface area contributed by atoms with E-state index in [9.17, 15) is 0 Å². The molecule has 0 bridgehead atoms. The third-order valence-corrected chi connectivity index (χ3v) is 5.13. The molecule has 0 amide bonds. The van der Waals surface area contributed by atoms with Gasteiger partial charge in [-0.2, -0.15) is 0 Å². The van der Waals surface area contributed by atoms with Crippen LogP contribution in [-0.4, -0.2) is 19.1 Å². The molecule has 2 aromatic rings. The number of anilines is 1. The van der Waals surface area contributed by atoms with Crippen LogP contribution in [0.1, 0.15) is 49.8 Å². The predicted octanol–water partition coefficient (Wildman–Crippen LogP) is 4.61. The second kappa shape index (κ2) is 6.60. The number of hydrogen-bond donors (Lipinski definition) is 1. The molecule has 2 aromatic carbocycles. The Morgan fingerprint density at radius 2 is 1.54 bits per heavy atom. The third-order valence-electron chi connectivity index (χ3n) is 5.13. The van der Waals surface area contributed by atoms with Crippen molar-refractivity contribution in [2.75, 3.05) is 18.0 Å². The van der Waals surface area contributed by atoms with E-state index in [0.717, 1.165) is 19.5 Å². The Balaban J connectivity index is 1.79. The molecule has 1 aliphatic heterocycles. The Hall–Kier alpha value is -1.80.